The van der Waals surface area contributed by atoms with E-state index < -0.39 is 5.60 Å². The number of likely N-dealkylation sites (N-methyl/N-ethyl adjacent to an activating group) is 1. The van der Waals surface area contributed by atoms with E-state index in [2.05, 4.69) is 18.2 Å². The fourth-order valence-electron chi connectivity index (χ4n) is 5.71. The number of fused-ring (bicyclic) bond motifs is 2. The molecule has 2 bridgehead atoms. The fourth-order valence-corrected chi connectivity index (χ4v) is 5.71. The molecule has 0 unspecified atom stereocenters. The standard InChI is InChI=1S/C28H29NO4/c1-29(27(30)33-18-19-8-4-3-5-9-19)25-16-20-17-28(31,21-12-14-22(32-2)15-13-21)26(25)24-11-7-6-10-23(20)24/h3-15,20,25-26,31H,16-18H2,1-2H3/t20-,25-,26+,28-/m0/s1. The summed E-state index contributed by atoms with van der Waals surface area (Å²) >= 11 is 0. The van der Waals surface area contributed by atoms with Crippen LogP contribution >= 0.6 is 0 Å². The van der Waals surface area contributed by atoms with Crippen molar-refractivity contribution in [2.24, 2.45) is 0 Å². The molecular weight excluding hydrogens is 414 g/mol. The van der Waals surface area contributed by atoms with E-state index in [1.54, 1.807) is 19.1 Å². The minimum atomic E-state index is -1.08. The smallest absolute Gasteiger partial charge is 0.410 e. The lowest BCUT2D eigenvalue weighted by Gasteiger charge is -2.55. The summed E-state index contributed by atoms with van der Waals surface area (Å²) in [6, 6.07) is 25.5. The quantitative estimate of drug-likeness (QED) is 0.589. The molecule has 3 aromatic rings. The maximum atomic E-state index is 13.0. The molecule has 4 atom stereocenters. The zero-order valence-corrected chi connectivity index (χ0v) is 19.0. The van der Waals surface area contributed by atoms with Gasteiger partial charge in [-0.25, -0.2) is 4.79 Å². The highest BCUT2D eigenvalue weighted by atomic mass is 16.6. The molecule has 1 amide bonds. The van der Waals surface area contributed by atoms with Crippen molar-refractivity contribution in [3.8, 4) is 5.75 Å². The van der Waals surface area contributed by atoms with Crippen LogP contribution in [0.15, 0.2) is 78.9 Å². The molecule has 170 valence electrons. The molecule has 0 aromatic heterocycles. The van der Waals surface area contributed by atoms with Gasteiger partial charge in [-0.1, -0.05) is 66.7 Å². The molecule has 3 aromatic carbocycles. The Hall–Kier alpha value is -3.31. The summed E-state index contributed by atoms with van der Waals surface area (Å²) in [5, 5.41) is 12.1. The highest BCUT2D eigenvalue weighted by molar-refractivity contribution is 5.68. The van der Waals surface area contributed by atoms with E-state index in [0.717, 1.165) is 28.9 Å². The van der Waals surface area contributed by atoms with Crippen LogP contribution in [-0.2, 0) is 16.9 Å². The molecule has 5 nitrogen and oxygen atoms in total. The van der Waals surface area contributed by atoms with Crippen LogP contribution in [-0.4, -0.2) is 36.3 Å². The second-order valence-electron chi connectivity index (χ2n) is 9.11. The summed E-state index contributed by atoms with van der Waals surface area (Å²) in [7, 11) is 3.42. The van der Waals surface area contributed by atoms with E-state index in [1.807, 2.05) is 60.7 Å². The van der Waals surface area contributed by atoms with Gasteiger partial charge in [-0.05, 0) is 53.1 Å². The molecule has 33 heavy (non-hydrogen) atoms. The molecular formula is C28H29NO4. The molecule has 1 saturated carbocycles. The van der Waals surface area contributed by atoms with Gasteiger partial charge in [0.15, 0.2) is 0 Å². The number of benzene rings is 3. The molecule has 1 N–H and O–H groups in total. The average Bonchev–Trinajstić information content (AvgIpc) is 2.87. The highest BCUT2D eigenvalue weighted by Crippen LogP contribution is 2.59. The molecule has 3 aliphatic carbocycles. The maximum absolute atomic E-state index is 13.0. The third kappa shape index (κ3) is 3.76. The Kier molecular flexibility index (Phi) is 5.59. The van der Waals surface area contributed by atoms with Crippen molar-refractivity contribution in [2.75, 3.05) is 14.2 Å². The third-order valence-electron chi connectivity index (χ3n) is 7.33. The van der Waals surface area contributed by atoms with Crippen LogP contribution in [0.2, 0.25) is 0 Å². The molecule has 0 radical (unpaired) electrons. The Balaban J connectivity index is 1.46. The van der Waals surface area contributed by atoms with Crippen LogP contribution in [0.5, 0.6) is 5.75 Å². The van der Waals surface area contributed by atoms with Gasteiger partial charge in [0.1, 0.15) is 12.4 Å². The second kappa shape index (κ2) is 8.56. The number of methoxy groups -OCH3 is 1. The van der Waals surface area contributed by atoms with Crippen molar-refractivity contribution in [3.63, 3.8) is 0 Å². The van der Waals surface area contributed by atoms with E-state index in [4.69, 9.17) is 9.47 Å². The van der Waals surface area contributed by atoms with Crippen molar-refractivity contribution in [1.82, 2.24) is 4.90 Å². The summed E-state index contributed by atoms with van der Waals surface area (Å²) in [6.45, 7) is 0.226. The van der Waals surface area contributed by atoms with Gasteiger partial charge in [-0.15, -0.1) is 0 Å². The molecule has 1 fully saturated rings. The SMILES string of the molecule is COc1ccc([C@@]2(O)C[C@@H]3C[C@H](N(C)C(=O)OCc4ccccc4)[C@H]2c2ccccc23)cc1. The van der Waals surface area contributed by atoms with Gasteiger partial charge in [0.2, 0.25) is 0 Å². The monoisotopic (exact) mass is 443 g/mol. The predicted octanol–water partition coefficient (Wildman–Crippen LogP) is 5.19. The lowest BCUT2D eigenvalue weighted by atomic mass is 9.55. The number of ether oxygens (including phenoxy) is 2. The molecule has 0 heterocycles. The summed E-state index contributed by atoms with van der Waals surface area (Å²) in [5.74, 6) is 0.663. The van der Waals surface area contributed by atoms with E-state index in [-0.39, 0.29) is 30.6 Å². The number of carbonyl (C=O) groups is 1. The minimum absolute atomic E-state index is 0.160. The van der Waals surface area contributed by atoms with Crippen LogP contribution in [0.3, 0.4) is 0 Å². The van der Waals surface area contributed by atoms with Crippen molar-refractivity contribution in [2.45, 2.75) is 42.9 Å². The number of hydrogen-bond acceptors (Lipinski definition) is 4. The van der Waals surface area contributed by atoms with E-state index in [9.17, 15) is 9.90 Å². The minimum Gasteiger partial charge on any atom is -0.497 e. The summed E-state index contributed by atoms with van der Waals surface area (Å²) in [6.07, 6.45) is 1.06. The van der Waals surface area contributed by atoms with Crippen molar-refractivity contribution < 1.29 is 19.4 Å². The van der Waals surface area contributed by atoms with Gasteiger partial charge in [0.25, 0.3) is 0 Å². The fraction of sp³-hybridized carbons (Fsp3) is 0.321. The van der Waals surface area contributed by atoms with Gasteiger partial charge < -0.3 is 19.5 Å². The summed E-state index contributed by atoms with van der Waals surface area (Å²) < 4.78 is 10.9. The number of rotatable bonds is 5. The van der Waals surface area contributed by atoms with E-state index in [0.29, 0.717) is 6.42 Å². The molecule has 6 rings (SSSR count). The average molecular weight is 444 g/mol. The first kappa shape index (κ1) is 21.5. The third-order valence-corrected chi connectivity index (χ3v) is 7.33. The zero-order valence-electron chi connectivity index (χ0n) is 19.0. The number of aliphatic hydroxyl groups is 1. The molecule has 3 aliphatic rings. The highest BCUT2D eigenvalue weighted by Gasteiger charge is 2.56. The lowest BCUT2D eigenvalue weighted by molar-refractivity contribution is -0.0707. The van der Waals surface area contributed by atoms with Gasteiger partial charge in [0.05, 0.1) is 12.7 Å². The zero-order chi connectivity index (χ0) is 23.0. The first-order valence-corrected chi connectivity index (χ1v) is 11.4. The largest absolute Gasteiger partial charge is 0.497 e. The molecule has 0 saturated heterocycles. The van der Waals surface area contributed by atoms with Crippen LogP contribution < -0.4 is 4.74 Å². The molecule has 5 heteroatoms. The number of amides is 1. The van der Waals surface area contributed by atoms with Crippen LogP contribution in [0.1, 0.15) is 46.9 Å². The Morgan fingerprint density at radius 1 is 1.00 bits per heavy atom. The Morgan fingerprint density at radius 3 is 2.36 bits per heavy atom. The van der Waals surface area contributed by atoms with E-state index >= 15 is 0 Å². The second-order valence-corrected chi connectivity index (χ2v) is 9.11. The normalized spacial score (nSPS) is 25.2. The molecule has 0 spiro atoms. The van der Waals surface area contributed by atoms with E-state index in [1.165, 1.54) is 5.56 Å². The van der Waals surface area contributed by atoms with Gasteiger partial charge in [0, 0.05) is 19.0 Å². The van der Waals surface area contributed by atoms with Gasteiger partial charge in [-0.3, -0.25) is 0 Å². The number of nitrogens with zero attached hydrogens (tertiary/aromatic N) is 1. The lowest BCUT2D eigenvalue weighted by Crippen LogP contribution is -2.56. The maximum Gasteiger partial charge on any atom is 0.410 e. The van der Waals surface area contributed by atoms with Gasteiger partial charge in [-0.2, -0.15) is 0 Å². The van der Waals surface area contributed by atoms with Crippen molar-refractivity contribution in [1.29, 1.82) is 0 Å². The van der Waals surface area contributed by atoms with Crippen LogP contribution in [0.25, 0.3) is 0 Å². The Labute approximate surface area is 194 Å². The predicted molar refractivity (Wildman–Crippen MR) is 126 cm³/mol. The summed E-state index contributed by atoms with van der Waals surface area (Å²) in [4.78, 5) is 14.7. The van der Waals surface area contributed by atoms with Crippen LogP contribution in [0.4, 0.5) is 4.79 Å². The first-order valence-electron chi connectivity index (χ1n) is 11.4. The number of carbonyl (C=O) groups excluding carboxylic acids is 1. The Morgan fingerprint density at radius 2 is 1.67 bits per heavy atom. The van der Waals surface area contributed by atoms with Gasteiger partial charge >= 0.3 is 6.09 Å². The first-order chi connectivity index (χ1) is 16.0. The summed E-state index contributed by atoms with van der Waals surface area (Å²) in [5.41, 5.74) is 3.12. The Bertz CT molecular complexity index is 1130. The van der Waals surface area contributed by atoms with Crippen LogP contribution in [0, 0.1) is 0 Å². The van der Waals surface area contributed by atoms with Crippen molar-refractivity contribution in [3.05, 3.63) is 101 Å². The molecule has 0 aliphatic heterocycles. The topological polar surface area (TPSA) is 59.0 Å². The number of hydrogen-bond donors (Lipinski definition) is 1. The van der Waals surface area contributed by atoms with Crippen molar-refractivity contribution >= 4 is 6.09 Å².